The zero-order valence-electron chi connectivity index (χ0n) is 14.4. The van der Waals surface area contributed by atoms with E-state index in [2.05, 4.69) is 15.5 Å². The van der Waals surface area contributed by atoms with Gasteiger partial charge in [-0.15, -0.1) is 0 Å². The number of rotatable bonds is 6. The Labute approximate surface area is 151 Å². The maximum absolute atomic E-state index is 12.5. The van der Waals surface area contributed by atoms with E-state index in [0.29, 0.717) is 12.1 Å². The fraction of sp³-hybridized carbons (Fsp3) is 0.150. The number of nitrogens with zero attached hydrogens (tertiary/aromatic N) is 1. The van der Waals surface area contributed by atoms with Crippen molar-refractivity contribution in [1.82, 2.24) is 15.5 Å². The molecule has 2 aromatic carbocycles. The number of H-pyrrole nitrogens is 1. The number of nitrogens with two attached hydrogens (primary N) is 1. The molecular weight excluding hydrogens is 328 g/mol. The van der Waals surface area contributed by atoms with Gasteiger partial charge in [0.1, 0.15) is 11.7 Å². The number of carbonyl (C=O) groups excluding carboxylic acids is 2. The van der Waals surface area contributed by atoms with Gasteiger partial charge in [0.2, 0.25) is 5.91 Å². The van der Waals surface area contributed by atoms with E-state index in [1.54, 1.807) is 6.07 Å². The summed E-state index contributed by atoms with van der Waals surface area (Å²) in [7, 11) is 0. The van der Waals surface area contributed by atoms with Crippen molar-refractivity contribution < 1.29 is 9.59 Å². The minimum atomic E-state index is -0.795. The van der Waals surface area contributed by atoms with Crippen LogP contribution < -0.4 is 11.1 Å². The summed E-state index contributed by atoms with van der Waals surface area (Å²) in [6, 6.07) is 18.1. The quantitative estimate of drug-likeness (QED) is 0.636. The molecule has 1 aromatic heterocycles. The summed E-state index contributed by atoms with van der Waals surface area (Å²) < 4.78 is 0. The van der Waals surface area contributed by atoms with Crippen LogP contribution in [0, 0.1) is 6.92 Å². The van der Waals surface area contributed by atoms with Gasteiger partial charge in [-0.2, -0.15) is 5.10 Å². The van der Waals surface area contributed by atoms with Crippen LogP contribution in [0.4, 0.5) is 0 Å². The maximum atomic E-state index is 12.5. The number of carbonyl (C=O) groups is 2. The van der Waals surface area contributed by atoms with Crippen molar-refractivity contribution >= 4 is 11.8 Å². The Hall–Kier alpha value is -3.41. The van der Waals surface area contributed by atoms with Gasteiger partial charge in [0, 0.05) is 12.0 Å². The van der Waals surface area contributed by atoms with E-state index < -0.39 is 17.9 Å². The number of amides is 2. The maximum Gasteiger partial charge on any atom is 0.269 e. The van der Waals surface area contributed by atoms with Crippen LogP contribution in [0.2, 0.25) is 0 Å². The van der Waals surface area contributed by atoms with Gasteiger partial charge in [0.05, 0.1) is 5.69 Å². The Bertz CT molecular complexity index is 901. The molecule has 0 fully saturated rings. The van der Waals surface area contributed by atoms with Gasteiger partial charge in [-0.1, -0.05) is 60.2 Å². The molecule has 0 radical (unpaired) electrons. The number of benzene rings is 2. The SMILES string of the molecule is Cc1ccc(-c2cc(C(=O)N[C@@H](Cc3ccccc3)C(N)=O)[nH]n2)cc1. The monoisotopic (exact) mass is 348 g/mol. The van der Waals surface area contributed by atoms with Crippen LogP contribution in [0.1, 0.15) is 21.6 Å². The van der Waals surface area contributed by atoms with Gasteiger partial charge in [0.15, 0.2) is 0 Å². The molecule has 0 aliphatic carbocycles. The molecule has 0 saturated heterocycles. The molecule has 0 saturated carbocycles. The van der Waals surface area contributed by atoms with Gasteiger partial charge in [-0.25, -0.2) is 0 Å². The fourth-order valence-electron chi connectivity index (χ4n) is 2.62. The summed E-state index contributed by atoms with van der Waals surface area (Å²) in [6.45, 7) is 2.00. The van der Waals surface area contributed by atoms with Crippen LogP contribution in [-0.4, -0.2) is 28.1 Å². The summed E-state index contributed by atoms with van der Waals surface area (Å²) in [5.41, 5.74) is 9.35. The average molecular weight is 348 g/mol. The van der Waals surface area contributed by atoms with Crippen LogP contribution in [0.15, 0.2) is 60.7 Å². The lowest BCUT2D eigenvalue weighted by Gasteiger charge is -2.14. The average Bonchev–Trinajstić information content (AvgIpc) is 3.13. The highest BCUT2D eigenvalue weighted by Gasteiger charge is 2.20. The van der Waals surface area contributed by atoms with Crippen molar-refractivity contribution in [2.45, 2.75) is 19.4 Å². The lowest BCUT2D eigenvalue weighted by molar-refractivity contribution is -0.119. The van der Waals surface area contributed by atoms with Crippen molar-refractivity contribution in [2.75, 3.05) is 0 Å². The molecule has 0 unspecified atom stereocenters. The molecule has 3 rings (SSSR count). The summed E-state index contributed by atoms with van der Waals surface area (Å²) >= 11 is 0. The smallest absolute Gasteiger partial charge is 0.269 e. The minimum absolute atomic E-state index is 0.278. The summed E-state index contributed by atoms with van der Waals surface area (Å²) in [5, 5.41) is 9.55. The fourth-order valence-corrected chi connectivity index (χ4v) is 2.62. The first-order chi connectivity index (χ1) is 12.5. The second-order valence-corrected chi connectivity index (χ2v) is 6.15. The van der Waals surface area contributed by atoms with Crippen LogP contribution in [0.25, 0.3) is 11.3 Å². The van der Waals surface area contributed by atoms with Crippen LogP contribution in [0.5, 0.6) is 0 Å². The van der Waals surface area contributed by atoms with E-state index in [0.717, 1.165) is 16.7 Å². The first-order valence-electron chi connectivity index (χ1n) is 8.29. The Kier molecular flexibility index (Phi) is 5.12. The third-order valence-electron chi connectivity index (χ3n) is 4.10. The van der Waals surface area contributed by atoms with Crippen molar-refractivity contribution in [3.63, 3.8) is 0 Å². The van der Waals surface area contributed by atoms with Crippen LogP contribution >= 0.6 is 0 Å². The molecule has 6 nitrogen and oxygen atoms in total. The van der Waals surface area contributed by atoms with E-state index in [4.69, 9.17) is 5.73 Å². The first kappa shape index (κ1) is 17.4. The summed E-state index contributed by atoms with van der Waals surface area (Å²) in [6.07, 6.45) is 0.334. The van der Waals surface area contributed by atoms with Crippen molar-refractivity contribution in [3.05, 3.63) is 77.5 Å². The zero-order chi connectivity index (χ0) is 18.5. The highest BCUT2D eigenvalue weighted by molar-refractivity contribution is 5.96. The number of aromatic nitrogens is 2. The number of hydrogen-bond acceptors (Lipinski definition) is 3. The van der Waals surface area contributed by atoms with Crippen molar-refractivity contribution in [1.29, 1.82) is 0 Å². The number of nitrogens with one attached hydrogen (secondary N) is 2. The Morgan fingerprint density at radius 2 is 1.81 bits per heavy atom. The molecule has 0 aliphatic heterocycles. The molecule has 1 heterocycles. The van der Waals surface area contributed by atoms with Gasteiger partial charge in [0.25, 0.3) is 5.91 Å². The third-order valence-corrected chi connectivity index (χ3v) is 4.10. The van der Waals surface area contributed by atoms with Crippen LogP contribution in [-0.2, 0) is 11.2 Å². The molecule has 0 spiro atoms. The predicted molar refractivity (Wildman–Crippen MR) is 99.4 cm³/mol. The molecular formula is C20H20N4O2. The molecule has 0 bridgehead atoms. The van der Waals surface area contributed by atoms with E-state index in [-0.39, 0.29) is 5.69 Å². The molecule has 3 aromatic rings. The van der Waals surface area contributed by atoms with Gasteiger partial charge in [-0.05, 0) is 18.6 Å². The van der Waals surface area contributed by atoms with Gasteiger partial charge in [-0.3, -0.25) is 14.7 Å². The number of aryl methyl sites for hydroxylation is 1. The van der Waals surface area contributed by atoms with E-state index in [9.17, 15) is 9.59 Å². The van der Waals surface area contributed by atoms with Crippen LogP contribution in [0.3, 0.4) is 0 Å². The second-order valence-electron chi connectivity index (χ2n) is 6.15. The number of hydrogen-bond donors (Lipinski definition) is 3. The van der Waals surface area contributed by atoms with Gasteiger partial charge < -0.3 is 11.1 Å². The van der Waals surface area contributed by atoms with E-state index in [1.807, 2.05) is 61.5 Å². The third kappa shape index (κ3) is 4.16. The molecule has 26 heavy (non-hydrogen) atoms. The summed E-state index contributed by atoms with van der Waals surface area (Å²) in [5.74, 6) is -1.00. The highest BCUT2D eigenvalue weighted by Crippen LogP contribution is 2.18. The van der Waals surface area contributed by atoms with Crippen molar-refractivity contribution in [3.8, 4) is 11.3 Å². The zero-order valence-corrected chi connectivity index (χ0v) is 14.4. The predicted octanol–water partition coefficient (Wildman–Crippen LogP) is 2.21. The minimum Gasteiger partial charge on any atom is -0.368 e. The number of aromatic amines is 1. The highest BCUT2D eigenvalue weighted by atomic mass is 16.2. The second kappa shape index (κ2) is 7.65. The molecule has 2 amide bonds. The number of primary amides is 1. The Morgan fingerprint density at radius 1 is 1.12 bits per heavy atom. The molecule has 1 atom stereocenters. The van der Waals surface area contributed by atoms with Gasteiger partial charge >= 0.3 is 0 Å². The standard InChI is InChI=1S/C20H20N4O2/c1-13-7-9-15(10-8-13)16-12-18(24-23-16)20(26)22-17(19(21)25)11-14-5-3-2-4-6-14/h2-10,12,17H,11H2,1H3,(H2,21,25)(H,22,26)(H,23,24)/t17-/m0/s1. The lowest BCUT2D eigenvalue weighted by Crippen LogP contribution is -2.46. The topological polar surface area (TPSA) is 101 Å². The molecule has 132 valence electrons. The largest absolute Gasteiger partial charge is 0.368 e. The van der Waals surface area contributed by atoms with E-state index in [1.165, 1.54) is 0 Å². The summed E-state index contributed by atoms with van der Waals surface area (Å²) in [4.78, 5) is 24.2. The van der Waals surface area contributed by atoms with Crippen molar-refractivity contribution in [2.24, 2.45) is 5.73 Å². The first-order valence-corrected chi connectivity index (χ1v) is 8.29. The Morgan fingerprint density at radius 3 is 2.46 bits per heavy atom. The Balaban J connectivity index is 1.72. The van der Waals surface area contributed by atoms with E-state index >= 15 is 0 Å². The molecule has 0 aliphatic rings. The molecule has 4 N–H and O–H groups in total. The lowest BCUT2D eigenvalue weighted by atomic mass is 10.1. The molecule has 6 heteroatoms. The normalized spacial score (nSPS) is 11.7.